The average Bonchev–Trinajstić information content (AvgIpc) is 2.72. The van der Waals surface area contributed by atoms with Crippen LogP contribution in [0.1, 0.15) is 12.5 Å². The topological polar surface area (TPSA) is 58.6 Å². The first-order valence-corrected chi connectivity index (χ1v) is 8.71. The van der Waals surface area contributed by atoms with E-state index >= 15 is 0 Å². The molecule has 7 heteroatoms. The van der Waals surface area contributed by atoms with Gasteiger partial charge in [-0.3, -0.25) is 9.69 Å². The number of imide groups is 1. The number of nitrogens with zero attached hydrogens (tertiary/aromatic N) is 1. The number of carbonyl (C=O) groups is 2. The summed E-state index contributed by atoms with van der Waals surface area (Å²) < 4.78 is 7.48. The Balaban J connectivity index is 2.31. The van der Waals surface area contributed by atoms with Gasteiger partial charge in [0.05, 0.1) is 7.14 Å². The van der Waals surface area contributed by atoms with Crippen LogP contribution in [-0.2, 0) is 4.79 Å². The molecule has 0 aromatic heterocycles. The number of carbonyl (C=O) groups excluding carboxylic acids is 2. The van der Waals surface area contributed by atoms with E-state index in [4.69, 9.17) is 4.74 Å². The second-order valence-corrected chi connectivity index (χ2v) is 6.78. The van der Waals surface area contributed by atoms with Gasteiger partial charge in [-0.1, -0.05) is 12.7 Å². The summed E-state index contributed by atoms with van der Waals surface area (Å²) in [5.74, 6) is 0.490. The van der Waals surface area contributed by atoms with E-state index in [0.717, 1.165) is 18.5 Å². The number of ether oxygens (including phenoxy) is 1. The van der Waals surface area contributed by atoms with Crippen LogP contribution in [0.25, 0.3) is 6.08 Å². The molecule has 1 aromatic carbocycles. The molecule has 0 radical (unpaired) electrons. The molecule has 0 spiro atoms. The van der Waals surface area contributed by atoms with Gasteiger partial charge in [0.2, 0.25) is 0 Å². The van der Waals surface area contributed by atoms with Crippen molar-refractivity contribution < 1.29 is 14.3 Å². The fraction of sp³-hybridized carbons (Fsp3) is 0.200. The lowest BCUT2D eigenvalue weighted by molar-refractivity contribution is -0.122. The van der Waals surface area contributed by atoms with Gasteiger partial charge >= 0.3 is 6.03 Å². The third-order valence-corrected chi connectivity index (χ3v) is 4.56. The van der Waals surface area contributed by atoms with Crippen LogP contribution in [0.5, 0.6) is 5.75 Å². The van der Waals surface area contributed by atoms with Gasteiger partial charge < -0.3 is 10.1 Å². The maximum atomic E-state index is 12.1. The minimum Gasteiger partial charge on any atom is -0.487 e. The first-order valence-electron chi connectivity index (χ1n) is 6.55. The molecule has 1 aromatic rings. The normalized spacial score (nSPS) is 16.1. The highest BCUT2D eigenvalue weighted by atomic mass is 127. The Morgan fingerprint density at radius 1 is 1.32 bits per heavy atom. The van der Waals surface area contributed by atoms with E-state index in [2.05, 4.69) is 57.1 Å². The summed E-state index contributed by atoms with van der Waals surface area (Å²) in [5, 5.41) is 2.59. The lowest BCUT2D eigenvalue weighted by atomic mass is 10.2. The Labute approximate surface area is 156 Å². The Hall–Kier alpha value is -1.10. The molecule has 116 valence electrons. The van der Waals surface area contributed by atoms with Gasteiger partial charge in [0.15, 0.2) is 0 Å². The van der Waals surface area contributed by atoms with Crippen molar-refractivity contribution in [1.82, 2.24) is 10.2 Å². The van der Waals surface area contributed by atoms with E-state index in [-0.39, 0.29) is 11.9 Å². The zero-order valence-corrected chi connectivity index (χ0v) is 16.2. The number of benzene rings is 1. The molecule has 1 fully saturated rings. The van der Waals surface area contributed by atoms with E-state index in [1.807, 2.05) is 12.1 Å². The number of hydrogen-bond acceptors (Lipinski definition) is 3. The maximum absolute atomic E-state index is 12.1. The molecule has 2 rings (SSSR count). The van der Waals surface area contributed by atoms with Crippen LogP contribution >= 0.6 is 45.2 Å². The van der Waals surface area contributed by atoms with E-state index in [1.165, 1.54) is 4.90 Å². The van der Waals surface area contributed by atoms with Gasteiger partial charge in [0, 0.05) is 6.54 Å². The van der Waals surface area contributed by atoms with Crippen molar-refractivity contribution in [2.24, 2.45) is 0 Å². The zero-order valence-electron chi connectivity index (χ0n) is 11.9. The van der Waals surface area contributed by atoms with Crippen molar-refractivity contribution in [3.8, 4) is 5.75 Å². The first kappa shape index (κ1) is 17.3. The number of hydrogen-bond donors (Lipinski definition) is 1. The summed E-state index contributed by atoms with van der Waals surface area (Å²) in [6, 6.07) is 3.43. The number of halogens is 2. The van der Waals surface area contributed by atoms with E-state index < -0.39 is 0 Å². The van der Waals surface area contributed by atoms with E-state index in [0.29, 0.717) is 18.8 Å². The minimum absolute atomic E-state index is 0.290. The Morgan fingerprint density at radius 2 is 1.95 bits per heavy atom. The number of nitrogens with one attached hydrogen (secondary N) is 1. The van der Waals surface area contributed by atoms with Crippen LogP contribution in [-0.4, -0.2) is 30.0 Å². The van der Waals surface area contributed by atoms with Gasteiger partial charge in [0.25, 0.3) is 5.91 Å². The molecule has 1 aliphatic rings. The van der Waals surface area contributed by atoms with Crippen LogP contribution in [0.15, 0.2) is 30.5 Å². The Kier molecular flexibility index (Phi) is 5.84. The van der Waals surface area contributed by atoms with Gasteiger partial charge in [-0.05, 0) is 75.9 Å². The molecule has 5 nitrogen and oxygen atoms in total. The molecule has 3 amide bonds. The van der Waals surface area contributed by atoms with Gasteiger partial charge in [0.1, 0.15) is 18.1 Å². The molecule has 0 saturated carbocycles. The summed E-state index contributed by atoms with van der Waals surface area (Å²) >= 11 is 4.37. The van der Waals surface area contributed by atoms with Crippen molar-refractivity contribution in [3.05, 3.63) is 43.2 Å². The first-order chi connectivity index (χ1) is 10.5. The fourth-order valence-electron chi connectivity index (χ4n) is 1.97. The third kappa shape index (κ3) is 3.62. The molecule has 1 aliphatic heterocycles. The van der Waals surface area contributed by atoms with Crippen LogP contribution in [0.2, 0.25) is 0 Å². The quantitative estimate of drug-likeness (QED) is 0.279. The summed E-state index contributed by atoms with van der Waals surface area (Å²) in [6.45, 7) is 6.18. The molecule has 1 N–H and O–H groups in total. The number of rotatable bonds is 5. The predicted octanol–water partition coefficient (Wildman–Crippen LogP) is 3.37. The number of amides is 3. The third-order valence-electron chi connectivity index (χ3n) is 2.96. The average molecular weight is 524 g/mol. The standard InChI is InChI=1S/C15H14I2N2O3/c1-3-5-22-13-10(16)6-9(7-11(13)17)8-12-14(20)19(4-2)15(21)18-12/h3,6-8H,1,4-5H2,2H3,(H,18,21)/b12-8+. The van der Waals surface area contributed by atoms with Crippen LogP contribution in [0, 0.1) is 7.14 Å². The maximum Gasteiger partial charge on any atom is 0.328 e. The minimum atomic E-state index is -0.380. The van der Waals surface area contributed by atoms with Gasteiger partial charge in [-0.25, -0.2) is 4.79 Å². The SMILES string of the molecule is C=CCOc1c(I)cc(/C=C2/NC(=O)N(CC)C2=O)cc1I. The molecule has 0 atom stereocenters. The van der Waals surface area contributed by atoms with E-state index in [9.17, 15) is 9.59 Å². The zero-order chi connectivity index (χ0) is 16.3. The Bertz CT molecular complexity index is 648. The summed E-state index contributed by atoms with van der Waals surface area (Å²) in [4.78, 5) is 24.9. The molecule has 0 unspecified atom stereocenters. The molecule has 1 heterocycles. The monoisotopic (exact) mass is 524 g/mol. The molecule has 0 bridgehead atoms. The molecular formula is C15H14I2N2O3. The highest BCUT2D eigenvalue weighted by Crippen LogP contribution is 2.30. The van der Waals surface area contributed by atoms with Gasteiger partial charge in [-0.15, -0.1) is 0 Å². The summed E-state index contributed by atoms with van der Waals surface area (Å²) in [7, 11) is 0. The lowest BCUT2D eigenvalue weighted by Crippen LogP contribution is -2.30. The number of likely N-dealkylation sites (N-methyl/N-ethyl adjacent to an activating group) is 1. The largest absolute Gasteiger partial charge is 0.487 e. The highest BCUT2D eigenvalue weighted by Gasteiger charge is 2.32. The van der Waals surface area contributed by atoms with Gasteiger partial charge in [-0.2, -0.15) is 0 Å². The molecule has 22 heavy (non-hydrogen) atoms. The molecular weight excluding hydrogens is 510 g/mol. The number of urea groups is 1. The molecule has 1 saturated heterocycles. The van der Waals surface area contributed by atoms with Crippen LogP contribution in [0.3, 0.4) is 0 Å². The second kappa shape index (κ2) is 7.44. The van der Waals surface area contributed by atoms with Crippen molar-refractivity contribution in [2.75, 3.05) is 13.2 Å². The van der Waals surface area contributed by atoms with E-state index in [1.54, 1.807) is 19.1 Å². The summed E-state index contributed by atoms with van der Waals surface area (Å²) in [6.07, 6.45) is 3.37. The fourth-order valence-corrected chi connectivity index (χ4v) is 4.10. The van der Waals surface area contributed by atoms with Crippen molar-refractivity contribution in [2.45, 2.75) is 6.92 Å². The second-order valence-electron chi connectivity index (χ2n) is 4.45. The van der Waals surface area contributed by atoms with Crippen molar-refractivity contribution in [3.63, 3.8) is 0 Å². The lowest BCUT2D eigenvalue weighted by Gasteiger charge is -2.10. The van der Waals surface area contributed by atoms with Crippen LogP contribution < -0.4 is 10.1 Å². The van der Waals surface area contributed by atoms with Crippen molar-refractivity contribution in [1.29, 1.82) is 0 Å². The van der Waals surface area contributed by atoms with Crippen LogP contribution in [0.4, 0.5) is 4.79 Å². The van der Waals surface area contributed by atoms with Crippen molar-refractivity contribution >= 4 is 63.2 Å². The highest BCUT2D eigenvalue weighted by molar-refractivity contribution is 14.1. The molecule has 0 aliphatic carbocycles. The predicted molar refractivity (Wildman–Crippen MR) is 101 cm³/mol. The smallest absolute Gasteiger partial charge is 0.328 e. The Morgan fingerprint density at radius 3 is 2.45 bits per heavy atom. The summed E-state index contributed by atoms with van der Waals surface area (Å²) in [5.41, 5.74) is 1.12.